The summed E-state index contributed by atoms with van der Waals surface area (Å²) in [5.41, 5.74) is 3.64. The van der Waals surface area contributed by atoms with Crippen LogP contribution in [0, 0.1) is 12.7 Å². The van der Waals surface area contributed by atoms with Crippen molar-refractivity contribution in [3.05, 3.63) is 100 Å². The van der Waals surface area contributed by atoms with Crippen LogP contribution in [0.2, 0.25) is 0 Å². The Morgan fingerprint density at radius 2 is 1.89 bits per heavy atom. The van der Waals surface area contributed by atoms with Gasteiger partial charge in [0.2, 0.25) is 5.91 Å². The Kier molecular flexibility index (Phi) is 5.78. The molecule has 0 spiro atoms. The zero-order valence-electron chi connectivity index (χ0n) is 19.3. The lowest BCUT2D eigenvalue weighted by molar-refractivity contribution is -0.116. The first-order chi connectivity index (χ1) is 16.9. The molecule has 0 bridgehead atoms. The molecule has 3 aromatic carbocycles. The number of halogens is 1. The summed E-state index contributed by atoms with van der Waals surface area (Å²) in [6.07, 6.45) is 1.54. The lowest BCUT2D eigenvalue weighted by atomic mass is 10.1. The molecule has 8 heteroatoms. The van der Waals surface area contributed by atoms with Gasteiger partial charge in [0, 0.05) is 11.1 Å². The molecule has 0 aliphatic rings. The van der Waals surface area contributed by atoms with Crippen molar-refractivity contribution in [2.24, 2.45) is 0 Å². The summed E-state index contributed by atoms with van der Waals surface area (Å²) in [4.78, 5) is 31.1. The third-order valence-electron chi connectivity index (χ3n) is 5.90. The van der Waals surface area contributed by atoms with Gasteiger partial charge in [0.25, 0.3) is 5.56 Å². The molecular weight excluding hydrogens is 447 g/mol. The zero-order chi connectivity index (χ0) is 24.5. The largest absolute Gasteiger partial charge is 0.497 e. The molecule has 0 saturated heterocycles. The number of hydrogen-bond donors (Lipinski definition) is 1. The summed E-state index contributed by atoms with van der Waals surface area (Å²) in [6.45, 7) is 2.16. The molecule has 7 nitrogen and oxygen atoms in total. The number of carbonyl (C=O) groups is 1. The number of amides is 1. The third-order valence-corrected chi connectivity index (χ3v) is 5.90. The average Bonchev–Trinajstić information content (AvgIpc) is 3.14. The molecule has 5 rings (SSSR count). The lowest BCUT2D eigenvalue weighted by Crippen LogP contribution is -2.25. The highest BCUT2D eigenvalue weighted by Gasteiger charge is 2.19. The summed E-state index contributed by atoms with van der Waals surface area (Å²) in [7, 11) is 1.60. The molecule has 0 aliphatic heterocycles. The predicted octanol–water partition coefficient (Wildman–Crippen LogP) is 4.49. The standard InChI is InChI=1S/C27H23FN4O3/c1-17-6-11-23-22(12-17)25-26(32(23)15-24(33)30-20-5-3-4-19(28)13-20)27(34)31(16-29-25)14-18-7-9-21(35-2)10-8-18/h3-13,16H,14-15H2,1-2H3,(H,30,33). The van der Waals surface area contributed by atoms with Gasteiger partial charge in [0.1, 0.15) is 29.1 Å². The fraction of sp³-hybridized carbons (Fsp3) is 0.148. The fourth-order valence-corrected chi connectivity index (χ4v) is 4.23. The van der Waals surface area contributed by atoms with Gasteiger partial charge in [-0.2, -0.15) is 0 Å². The number of carbonyl (C=O) groups excluding carboxylic acids is 1. The zero-order valence-corrected chi connectivity index (χ0v) is 19.3. The van der Waals surface area contributed by atoms with Gasteiger partial charge in [-0.15, -0.1) is 0 Å². The van der Waals surface area contributed by atoms with Crippen LogP contribution in [0.15, 0.2) is 77.9 Å². The molecule has 0 aliphatic carbocycles. The Morgan fingerprint density at radius 3 is 2.63 bits per heavy atom. The summed E-state index contributed by atoms with van der Waals surface area (Å²) in [6, 6.07) is 18.9. The normalized spacial score (nSPS) is 11.2. The molecule has 0 radical (unpaired) electrons. The minimum Gasteiger partial charge on any atom is -0.497 e. The number of aryl methyl sites for hydroxylation is 1. The summed E-state index contributed by atoms with van der Waals surface area (Å²) >= 11 is 0. The van der Waals surface area contributed by atoms with E-state index in [0.717, 1.165) is 27.8 Å². The maximum absolute atomic E-state index is 13.6. The maximum atomic E-state index is 13.6. The van der Waals surface area contributed by atoms with Gasteiger partial charge in [0.15, 0.2) is 0 Å². The first-order valence-electron chi connectivity index (χ1n) is 11.1. The fourth-order valence-electron chi connectivity index (χ4n) is 4.23. The van der Waals surface area contributed by atoms with Crippen molar-refractivity contribution in [2.45, 2.75) is 20.0 Å². The van der Waals surface area contributed by atoms with Crippen molar-refractivity contribution >= 4 is 33.5 Å². The van der Waals surface area contributed by atoms with Crippen LogP contribution < -0.4 is 15.6 Å². The highest BCUT2D eigenvalue weighted by atomic mass is 19.1. The highest BCUT2D eigenvalue weighted by molar-refractivity contribution is 6.06. The van der Waals surface area contributed by atoms with Crippen LogP contribution in [0.3, 0.4) is 0 Å². The van der Waals surface area contributed by atoms with Gasteiger partial charge in [-0.25, -0.2) is 9.37 Å². The number of anilines is 1. The Morgan fingerprint density at radius 1 is 1.09 bits per heavy atom. The van der Waals surface area contributed by atoms with E-state index >= 15 is 0 Å². The van der Waals surface area contributed by atoms with Crippen molar-refractivity contribution < 1.29 is 13.9 Å². The van der Waals surface area contributed by atoms with E-state index in [2.05, 4.69) is 10.3 Å². The van der Waals surface area contributed by atoms with Gasteiger partial charge in [-0.05, 0) is 55.0 Å². The number of ether oxygens (including phenoxy) is 1. The molecule has 5 aromatic rings. The molecule has 0 fully saturated rings. The number of fused-ring (bicyclic) bond motifs is 3. The second-order valence-corrected chi connectivity index (χ2v) is 8.39. The van der Waals surface area contributed by atoms with Crippen LogP contribution in [0.5, 0.6) is 5.75 Å². The topological polar surface area (TPSA) is 78.2 Å². The van der Waals surface area contributed by atoms with E-state index in [9.17, 15) is 14.0 Å². The average molecular weight is 471 g/mol. The number of methoxy groups -OCH3 is 1. The maximum Gasteiger partial charge on any atom is 0.278 e. The van der Waals surface area contributed by atoms with Gasteiger partial charge in [0.05, 0.1) is 25.5 Å². The monoisotopic (exact) mass is 470 g/mol. The number of aromatic nitrogens is 3. The van der Waals surface area contributed by atoms with Crippen molar-refractivity contribution in [3.8, 4) is 5.75 Å². The summed E-state index contributed by atoms with van der Waals surface area (Å²) in [5, 5.41) is 3.50. The van der Waals surface area contributed by atoms with Crippen molar-refractivity contribution in [3.63, 3.8) is 0 Å². The summed E-state index contributed by atoms with van der Waals surface area (Å²) < 4.78 is 22.0. The van der Waals surface area contributed by atoms with Crippen LogP contribution in [0.4, 0.5) is 10.1 Å². The Bertz CT molecular complexity index is 1620. The molecule has 1 amide bonds. The van der Waals surface area contributed by atoms with Gasteiger partial charge in [-0.1, -0.05) is 29.8 Å². The number of nitrogens with zero attached hydrogens (tertiary/aromatic N) is 3. The van der Waals surface area contributed by atoms with Crippen molar-refractivity contribution in [1.29, 1.82) is 0 Å². The van der Waals surface area contributed by atoms with E-state index in [1.807, 2.05) is 49.4 Å². The highest BCUT2D eigenvalue weighted by Crippen LogP contribution is 2.27. The van der Waals surface area contributed by atoms with Crippen molar-refractivity contribution in [2.75, 3.05) is 12.4 Å². The van der Waals surface area contributed by atoms with Gasteiger partial charge >= 0.3 is 0 Å². The molecular formula is C27H23FN4O3. The predicted molar refractivity (Wildman–Crippen MR) is 133 cm³/mol. The third kappa shape index (κ3) is 4.38. The SMILES string of the molecule is COc1ccc(Cn2cnc3c4cc(C)ccc4n(CC(=O)Nc4cccc(F)c4)c3c2=O)cc1. The second kappa shape index (κ2) is 9.06. The quantitative estimate of drug-likeness (QED) is 0.397. The van der Waals surface area contributed by atoms with Crippen LogP contribution in [-0.2, 0) is 17.9 Å². The van der Waals surface area contributed by atoms with Gasteiger partial charge in [-0.3, -0.25) is 14.2 Å². The first-order valence-corrected chi connectivity index (χ1v) is 11.1. The number of benzene rings is 3. The van der Waals surface area contributed by atoms with E-state index in [0.29, 0.717) is 23.3 Å². The second-order valence-electron chi connectivity index (χ2n) is 8.39. The smallest absolute Gasteiger partial charge is 0.278 e. The number of rotatable bonds is 6. The van der Waals surface area contributed by atoms with E-state index in [1.165, 1.54) is 29.1 Å². The van der Waals surface area contributed by atoms with Crippen LogP contribution >= 0.6 is 0 Å². The van der Waals surface area contributed by atoms with E-state index < -0.39 is 5.82 Å². The minimum atomic E-state index is -0.444. The molecule has 0 atom stereocenters. The van der Waals surface area contributed by atoms with Crippen LogP contribution in [-0.4, -0.2) is 27.1 Å². The van der Waals surface area contributed by atoms with E-state index in [4.69, 9.17) is 4.74 Å². The molecule has 0 saturated carbocycles. The van der Waals surface area contributed by atoms with Crippen LogP contribution in [0.1, 0.15) is 11.1 Å². The molecule has 0 unspecified atom stereocenters. The molecule has 2 aromatic heterocycles. The Balaban J connectivity index is 1.58. The summed E-state index contributed by atoms with van der Waals surface area (Å²) in [5.74, 6) is -0.0878. The lowest BCUT2D eigenvalue weighted by Gasteiger charge is -2.10. The minimum absolute atomic E-state index is 0.122. The number of hydrogen-bond acceptors (Lipinski definition) is 4. The first kappa shape index (κ1) is 22.3. The van der Waals surface area contributed by atoms with Gasteiger partial charge < -0.3 is 14.6 Å². The number of nitrogens with one attached hydrogen (secondary N) is 1. The van der Waals surface area contributed by atoms with E-state index in [-0.39, 0.29) is 18.0 Å². The molecule has 176 valence electrons. The Labute approximate surface area is 200 Å². The van der Waals surface area contributed by atoms with Crippen molar-refractivity contribution in [1.82, 2.24) is 14.1 Å². The Hall–Kier alpha value is -4.46. The molecule has 1 N–H and O–H groups in total. The van der Waals surface area contributed by atoms with E-state index in [1.54, 1.807) is 17.7 Å². The molecule has 35 heavy (non-hydrogen) atoms. The van der Waals surface area contributed by atoms with Crippen LogP contribution in [0.25, 0.3) is 21.9 Å². The molecule has 2 heterocycles.